The van der Waals surface area contributed by atoms with E-state index in [0.717, 1.165) is 17.6 Å². The van der Waals surface area contributed by atoms with E-state index in [0.29, 0.717) is 24.7 Å². The first-order valence-corrected chi connectivity index (χ1v) is 6.16. The number of likely N-dealkylation sites (N-methyl/N-ethyl adjacent to an activating group) is 1. The molecule has 0 aliphatic carbocycles. The van der Waals surface area contributed by atoms with Gasteiger partial charge in [0, 0.05) is 20.1 Å². The predicted octanol–water partition coefficient (Wildman–Crippen LogP) is 0.490. The Labute approximate surface area is 110 Å². The van der Waals surface area contributed by atoms with Crippen molar-refractivity contribution in [1.82, 2.24) is 14.9 Å². The summed E-state index contributed by atoms with van der Waals surface area (Å²) in [5.41, 5.74) is 7.52. The van der Waals surface area contributed by atoms with Gasteiger partial charge in [0.1, 0.15) is 0 Å². The van der Waals surface area contributed by atoms with Crippen molar-refractivity contribution in [2.24, 2.45) is 0 Å². The number of hydrogen-bond donors (Lipinski definition) is 1. The molecule has 0 unspecified atom stereocenters. The number of nitrogens with zero attached hydrogens (tertiary/aromatic N) is 4. The first-order chi connectivity index (χ1) is 9.15. The van der Waals surface area contributed by atoms with Gasteiger partial charge in [-0.3, -0.25) is 4.79 Å². The fourth-order valence-corrected chi connectivity index (χ4v) is 2.18. The molecule has 2 N–H and O–H groups in total. The highest BCUT2D eigenvalue weighted by atomic mass is 16.2. The van der Waals surface area contributed by atoms with Gasteiger partial charge in [-0.1, -0.05) is 12.1 Å². The van der Waals surface area contributed by atoms with Gasteiger partial charge in [0.25, 0.3) is 0 Å². The molecule has 19 heavy (non-hydrogen) atoms. The summed E-state index contributed by atoms with van der Waals surface area (Å²) >= 11 is 0. The number of aromatic nitrogens is 2. The summed E-state index contributed by atoms with van der Waals surface area (Å²) in [5, 5.41) is 0. The molecule has 1 aliphatic heterocycles. The number of nitrogen functional groups attached to an aromatic ring is 1. The highest BCUT2D eigenvalue weighted by Gasteiger charge is 2.24. The Morgan fingerprint density at radius 3 is 2.53 bits per heavy atom. The Balaban J connectivity index is 2.00. The zero-order valence-corrected chi connectivity index (χ0v) is 10.7. The van der Waals surface area contributed by atoms with Crippen LogP contribution in [0.4, 0.5) is 11.6 Å². The van der Waals surface area contributed by atoms with E-state index in [9.17, 15) is 4.79 Å². The summed E-state index contributed by atoms with van der Waals surface area (Å²) in [7, 11) is 1.80. The topological polar surface area (TPSA) is 75.3 Å². The molecule has 0 bridgehead atoms. The van der Waals surface area contributed by atoms with E-state index in [2.05, 4.69) is 9.97 Å². The number of anilines is 2. The van der Waals surface area contributed by atoms with Crippen LogP contribution < -0.4 is 10.6 Å². The average molecular weight is 257 g/mol. The molecule has 1 fully saturated rings. The number of rotatable bonds is 1. The van der Waals surface area contributed by atoms with Crippen molar-refractivity contribution in [2.75, 3.05) is 37.3 Å². The molecular weight excluding hydrogens is 242 g/mol. The van der Waals surface area contributed by atoms with Crippen LogP contribution in [-0.4, -0.2) is 47.5 Å². The second kappa shape index (κ2) is 4.38. The lowest BCUT2D eigenvalue weighted by molar-refractivity contribution is -0.129. The number of carbonyl (C=O) groups is 1. The molecule has 2 aromatic rings. The van der Waals surface area contributed by atoms with Crippen molar-refractivity contribution in [3.63, 3.8) is 0 Å². The zero-order valence-electron chi connectivity index (χ0n) is 10.7. The van der Waals surface area contributed by atoms with E-state index in [-0.39, 0.29) is 5.91 Å². The van der Waals surface area contributed by atoms with Crippen molar-refractivity contribution >= 4 is 28.6 Å². The van der Waals surface area contributed by atoms with Crippen LogP contribution in [0.1, 0.15) is 0 Å². The van der Waals surface area contributed by atoms with Gasteiger partial charge in [0.2, 0.25) is 5.91 Å². The molecule has 1 aliphatic rings. The predicted molar refractivity (Wildman–Crippen MR) is 73.8 cm³/mol. The van der Waals surface area contributed by atoms with Crippen molar-refractivity contribution in [3.05, 3.63) is 24.3 Å². The number of benzene rings is 1. The van der Waals surface area contributed by atoms with Gasteiger partial charge in [0.05, 0.1) is 17.6 Å². The normalized spacial score (nSPS) is 16.2. The fraction of sp³-hybridized carbons (Fsp3) is 0.308. The molecule has 2 heterocycles. The molecule has 3 rings (SSSR count). The molecule has 6 nitrogen and oxygen atoms in total. The molecule has 6 heteroatoms. The minimum atomic E-state index is 0.0700. The van der Waals surface area contributed by atoms with E-state index in [1.165, 1.54) is 0 Å². The van der Waals surface area contributed by atoms with Gasteiger partial charge >= 0.3 is 0 Å². The lowest BCUT2D eigenvalue weighted by Crippen LogP contribution is -2.49. The maximum Gasteiger partial charge on any atom is 0.241 e. The zero-order chi connectivity index (χ0) is 13.4. The standard InChI is InChI=1S/C13H15N5O/c1-17-6-7-18(8-11(17)19)13-12(14)15-9-4-2-3-5-10(9)16-13/h2-5H,6-8H2,1H3,(H2,14,15). The summed E-state index contributed by atoms with van der Waals surface area (Å²) in [5.74, 6) is 1.04. The Bertz CT molecular complexity index is 642. The van der Waals surface area contributed by atoms with Gasteiger partial charge in [-0.2, -0.15) is 0 Å². The second-order valence-corrected chi connectivity index (χ2v) is 4.66. The number of para-hydroxylation sites is 2. The van der Waals surface area contributed by atoms with Gasteiger partial charge in [-0.15, -0.1) is 0 Å². The minimum Gasteiger partial charge on any atom is -0.381 e. The quantitative estimate of drug-likeness (QED) is 0.804. The van der Waals surface area contributed by atoms with Crippen LogP contribution in [0.3, 0.4) is 0 Å². The van der Waals surface area contributed by atoms with Gasteiger partial charge in [0.15, 0.2) is 11.6 Å². The smallest absolute Gasteiger partial charge is 0.241 e. The van der Waals surface area contributed by atoms with Crippen LogP contribution in [-0.2, 0) is 4.79 Å². The van der Waals surface area contributed by atoms with E-state index in [1.54, 1.807) is 11.9 Å². The highest BCUT2D eigenvalue weighted by molar-refractivity contribution is 5.85. The lowest BCUT2D eigenvalue weighted by Gasteiger charge is -2.33. The largest absolute Gasteiger partial charge is 0.381 e. The van der Waals surface area contributed by atoms with Crippen molar-refractivity contribution in [3.8, 4) is 0 Å². The summed E-state index contributed by atoms with van der Waals surface area (Å²) in [6, 6.07) is 7.57. The van der Waals surface area contributed by atoms with Gasteiger partial charge < -0.3 is 15.5 Å². The molecular formula is C13H15N5O. The van der Waals surface area contributed by atoms with Crippen LogP contribution in [0.25, 0.3) is 11.0 Å². The van der Waals surface area contributed by atoms with E-state index < -0.39 is 0 Å². The Kier molecular flexibility index (Phi) is 2.70. The number of piperazine rings is 1. The molecule has 1 aromatic heterocycles. The molecule has 98 valence electrons. The molecule has 1 saturated heterocycles. The molecule has 0 saturated carbocycles. The van der Waals surface area contributed by atoms with Crippen molar-refractivity contribution < 1.29 is 4.79 Å². The maximum atomic E-state index is 11.7. The average Bonchev–Trinajstić information content (AvgIpc) is 2.41. The van der Waals surface area contributed by atoms with Crippen molar-refractivity contribution in [1.29, 1.82) is 0 Å². The Morgan fingerprint density at radius 2 is 1.84 bits per heavy atom. The first-order valence-electron chi connectivity index (χ1n) is 6.16. The first kappa shape index (κ1) is 11.7. The Hall–Kier alpha value is -2.37. The molecule has 0 atom stereocenters. The van der Waals surface area contributed by atoms with Gasteiger partial charge in [-0.05, 0) is 12.1 Å². The van der Waals surface area contributed by atoms with Crippen LogP contribution >= 0.6 is 0 Å². The fourth-order valence-electron chi connectivity index (χ4n) is 2.18. The highest BCUT2D eigenvalue weighted by Crippen LogP contribution is 2.23. The lowest BCUT2D eigenvalue weighted by atomic mass is 10.3. The second-order valence-electron chi connectivity index (χ2n) is 4.66. The number of amides is 1. The molecule has 0 spiro atoms. The summed E-state index contributed by atoms with van der Waals surface area (Å²) < 4.78 is 0. The van der Waals surface area contributed by atoms with Crippen LogP contribution in [0.15, 0.2) is 24.3 Å². The monoisotopic (exact) mass is 257 g/mol. The number of carbonyl (C=O) groups excluding carboxylic acids is 1. The third-order valence-corrected chi connectivity index (χ3v) is 3.33. The Morgan fingerprint density at radius 1 is 1.16 bits per heavy atom. The van der Waals surface area contributed by atoms with E-state index in [1.807, 2.05) is 29.2 Å². The third kappa shape index (κ3) is 2.05. The summed E-state index contributed by atoms with van der Waals surface area (Å²) in [6.45, 7) is 1.69. The van der Waals surface area contributed by atoms with E-state index in [4.69, 9.17) is 5.73 Å². The third-order valence-electron chi connectivity index (χ3n) is 3.33. The molecule has 0 radical (unpaired) electrons. The molecule has 1 aromatic carbocycles. The SMILES string of the molecule is CN1CCN(c2nc3ccccc3nc2N)CC1=O. The molecule has 1 amide bonds. The number of fused-ring (bicyclic) bond motifs is 1. The summed E-state index contributed by atoms with van der Waals surface area (Å²) in [4.78, 5) is 24.2. The van der Waals surface area contributed by atoms with Crippen LogP contribution in [0, 0.1) is 0 Å². The van der Waals surface area contributed by atoms with Crippen LogP contribution in [0.2, 0.25) is 0 Å². The van der Waals surface area contributed by atoms with Gasteiger partial charge in [-0.25, -0.2) is 9.97 Å². The number of hydrogen-bond acceptors (Lipinski definition) is 5. The minimum absolute atomic E-state index is 0.0700. The summed E-state index contributed by atoms with van der Waals surface area (Å²) in [6.07, 6.45) is 0. The van der Waals surface area contributed by atoms with Crippen molar-refractivity contribution in [2.45, 2.75) is 0 Å². The van der Waals surface area contributed by atoms with Crippen LogP contribution in [0.5, 0.6) is 0 Å². The maximum absolute atomic E-state index is 11.7. The van der Waals surface area contributed by atoms with E-state index >= 15 is 0 Å². The number of nitrogens with two attached hydrogens (primary N) is 1.